The zero-order chi connectivity index (χ0) is 34.6. The van der Waals surface area contributed by atoms with Crippen molar-refractivity contribution in [1.29, 1.82) is 0 Å². The summed E-state index contributed by atoms with van der Waals surface area (Å²) in [5.74, 6) is 0.461. The van der Waals surface area contributed by atoms with E-state index in [9.17, 15) is 0 Å². The molecule has 0 aliphatic carbocycles. The van der Waals surface area contributed by atoms with Crippen LogP contribution >= 0.6 is 0 Å². The van der Waals surface area contributed by atoms with E-state index in [0.29, 0.717) is 5.92 Å². The zero-order valence-corrected chi connectivity index (χ0v) is 29.4. The number of nitrogens with zero attached hydrogens (tertiary/aromatic N) is 2. The van der Waals surface area contributed by atoms with Crippen molar-refractivity contribution in [1.82, 2.24) is 8.96 Å². The monoisotopic (exact) mass is 664 g/mol. The van der Waals surface area contributed by atoms with Gasteiger partial charge in [-0.15, -0.1) is 10.9 Å². The largest absolute Gasteiger partial charge is 0.446 e. The quantitative estimate of drug-likeness (QED) is 0.131. The maximum Gasteiger partial charge on any atom is 0.435 e. The van der Waals surface area contributed by atoms with Gasteiger partial charge in [-0.3, -0.25) is 0 Å². The summed E-state index contributed by atoms with van der Waals surface area (Å²) in [4.78, 5) is 0. The van der Waals surface area contributed by atoms with Crippen molar-refractivity contribution in [2.45, 2.75) is 20.3 Å². The van der Waals surface area contributed by atoms with Gasteiger partial charge in [0, 0.05) is 39.0 Å². The Bertz CT molecular complexity index is 3080. The molecule has 11 rings (SSSR count). The van der Waals surface area contributed by atoms with E-state index in [4.69, 9.17) is 0 Å². The lowest BCUT2D eigenvalue weighted by atomic mass is 9.35. The molecule has 0 N–H and O–H groups in total. The number of rotatable bonds is 4. The van der Waals surface area contributed by atoms with Crippen LogP contribution in [0.5, 0.6) is 0 Å². The summed E-state index contributed by atoms with van der Waals surface area (Å²) in [6.45, 7) is 4.73. The Morgan fingerprint density at radius 3 is 1.52 bits per heavy atom. The predicted molar refractivity (Wildman–Crippen MR) is 223 cm³/mol. The van der Waals surface area contributed by atoms with Gasteiger partial charge in [0.05, 0.1) is 5.22 Å². The first-order chi connectivity index (χ1) is 25.7. The van der Waals surface area contributed by atoms with E-state index < -0.39 is 6.42 Å². The highest BCUT2D eigenvalue weighted by Gasteiger charge is 2.53. The van der Waals surface area contributed by atoms with E-state index in [0.717, 1.165) is 6.42 Å². The molecule has 2 nitrogen and oxygen atoms in total. The Morgan fingerprint density at radius 1 is 0.500 bits per heavy atom. The van der Waals surface area contributed by atoms with Crippen molar-refractivity contribution in [3.63, 3.8) is 0 Å². The Labute approximate surface area is 302 Å². The topological polar surface area (TPSA) is 7.94 Å². The van der Waals surface area contributed by atoms with Gasteiger partial charge in [-0.25, -0.2) is 0 Å². The molecular weight excluding hydrogens is 627 g/mol. The number of benzene rings is 8. The van der Waals surface area contributed by atoms with Crippen molar-refractivity contribution < 1.29 is 0 Å². The lowest BCUT2D eigenvalue weighted by molar-refractivity contribution is 0.666. The summed E-state index contributed by atoms with van der Waals surface area (Å²) < 4.78 is 5.62. The number of aromatic nitrogens is 1. The number of allylic oxidation sites excluding steroid dienone is 2. The minimum atomic E-state index is -1.85. The first-order valence-electron chi connectivity index (χ1n) is 18.7. The van der Waals surface area contributed by atoms with Crippen molar-refractivity contribution in [2.75, 3.05) is 0 Å². The average molecular weight is 665 g/mol. The van der Waals surface area contributed by atoms with Crippen molar-refractivity contribution in [2.24, 2.45) is 5.92 Å². The lowest BCUT2D eigenvalue weighted by Gasteiger charge is -2.45. The highest BCUT2D eigenvalue weighted by molar-refractivity contribution is 7.01. The molecule has 3 heterocycles. The van der Waals surface area contributed by atoms with Crippen molar-refractivity contribution in [3.8, 4) is 0 Å². The van der Waals surface area contributed by atoms with Gasteiger partial charge in [-0.2, -0.15) is 0 Å². The summed E-state index contributed by atoms with van der Waals surface area (Å²) in [6.07, 6.45) is 1.66. The summed E-state index contributed by atoms with van der Waals surface area (Å²) >= 11 is 0. The maximum atomic E-state index is 2.81. The summed E-state index contributed by atoms with van der Waals surface area (Å²) in [5.41, 5.74) is 7.95. The predicted octanol–water partition coefficient (Wildman–Crippen LogP) is 9.12. The smallest absolute Gasteiger partial charge is 0.435 e. The first-order valence-corrected chi connectivity index (χ1v) is 18.7. The van der Waals surface area contributed by atoms with Gasteiger partial charge < -0.3 is 8.96 Å². The molecule has 0 saturated heterocycles. The molecule has 1 aromatic heterocycles. The Balaban J connectivity index is 1.51. The van der Waals surface area contributed by atoms with E-state index in [1.165, 1.54) is 92.5 Å². The van der Waals surface area contributed by atoms with Crippen molar-refractivity contribution >= 4 is 83.0 Å². The van der Waals surface area contributed by atoms with E-state index in [1.54, 1.807) is 0 Å². The number of hydrogen-bond acceptors (Lipinski definition) is 0. The molecular formula is C49H37BN2. The van der Waals surface area contributed by atoms with E-state index in [2.05, 4.69) is 193 Å². The minimum Gasteiger partial charge on any atom is -0.446 e. The standard InChI is InChI=1S/C49H37BN2/c1-32(2)29-45-46-30-43-39-25-11-9-21-35(39)37-23-13-15-27-41(37)48(43)51(46)50(33-17-5-3-6-18-33,34-19-7-4-8-20-34)52-47(45)31-44-40-26-12-10-22-36(40)38-24-14-16-28-42(38)49(44)52/h3-28,30-32H,29H2,1-2H3. The second-order valence-electron chi connectivity index (χ2n) is 15.2. The van der Waals surface area contributed by atoms with Gasteiger partial charge in [0.25, 0.3) is 0 Å². The van der Waals surface area contributed by atoms with Crippen LogP contribution in [0.3, 0.4) is 0 Å². The van der Waals surface area contributed by atoms with Crippen LogP contribution in [-0.4, -0.2) is 10.9 Å². The molecule has 246 valence electrons. The number of fused-ring (bicyclic) bond motifs is 15. The summed E-state index contributed by atoms with van der Waals surface area (Å²) in [7, 11) is 0. The van der Waals surface area contributed by atoms with E-state index >= 15 is 0 Å². The van der Waals surface area contributed by atoms with Crippen LogP contribution in [0, 0.1) is 5.92 Å². The SMILES string of the molecule is CC(C)CC1=C2C=c3c(c4ccccc4c4ccccc34)=[N+]2[B-](c2ccccc2)(c2ccccc2)n2c1cc1c3ccccc3c3ccccc3c12. The summed E-state index contributed by atoms with van der Waals surface area (Å²) in [6, 6.07) is 61.4. The van der Waals surface area contributed by atoms with Gasteiger partial charge >= 0.3 is 6.42 Å². The molecule has 2 aliphatic heterocycles. The number of hydrogen-bond donors (Lipinski definition) is 0. The van der Waals surface area contributed by atoms with Gasteiger partial charge in [0.2, 0.25) is 0 Å². The molecule has 0 spiro atoms. The molecule has 2 aliphatic rings. The van der Waals surface area contributed by atoms with Gasteiger partial charge in [-0.1, -0.05) is 166 Å². The maximum absolute atomic E-state index is 2.81. The van der Waals surface area contributed by atoms with Gasteiger partial charge in [-0.05, 0) is 56.8 Å². The molecule has 0 saturated carbocycles. The van der Waals surface area contributed by atoms with Crippen LogP contribution < -0.4 is 26.0 Å². The molecule has 52 heavy (non-hydrogen) atoms. The lowest BCUT2D eigenvalue weighted by Crippen LogP contribution is -2.76. The molecule has 0 unspecified atom stereocenters. The third kappa shape index (κ3) is 3.78. The third-order valence-corrected chi connectivity index (χ3v) is 12.0. The fourth-order valence-corrected chi connectivity index (χ4v) is 10.1. The second kappa shape index (κ2) is 10.9. The van der Waals surface area contributed by atoms with Gasteiger partial charge in [0.15, 0.2) is 11.1 Å². The van der Waals surface area contributed by atoms with E-state index in [-0.39, 0.29) is 0 Å². The minimum absolute atomic E-state index is 0.461. The molecule has 0 atom stereocenters. The highest BCUT2D eigenvalue weighted by Crippen LogP contribution is 2.44. The molecule has 0 amide bonds. The van der Waals surface area contributed by atoms with Crippen LogP contribution in [0.4, 0.5) is 0 Å². The molecule has 9 aromatic rings. The first kappa shape index (κ1) is 29.5. The van der Waals surface area contributed by atoms with Crippen LogP contribution in [-0.2, 0) is 0 Å². The van der Waals surface area contributed by atoms with Crippen LogP contribution in [0.25, 0.3) is 65.6 Å². The molecule has 3 heteroatoms. The van der Waals surface area contributed by atoms with Crippen LogP contribution in [0.1, 0.15) is 26.0 Å². The van der Waals surface area contributed by atoms with Crippen LogP contribution in [0.15, 0.2) is 169 Å². The average Bonchev–Trinajstić information content (AvgIpc) is 3.81. The third-order valence-electron chi connectivity index (χ3n) is 12.0. The Morgan fingerprint density at radius 2 is 0.942 bits per heavy atom. The molecule has 0 radical (unpaired) electrons. The Kier molecular flexibility index (Phi) is 6.20. The fourth-order valence-electron chi connectivity index (χ4n) is 10.1. The van der Waals surface area contributed by atoms with Crippen molar-refractivity contribution in [3.05, 3.63) is 186 Å². The second-order valence-corrected chi connectivity index (χ2v) is 15.2. The molecule has 8 aromatic carbocycles. The molecule has 0 fully saturated rings. The highest BCUT2D eigenvalue weighted by atomic mass is 15.2. The molecule has 0 bridgehead atoms. The summed E-state index contributed by atoms with van der Waals surface area (Å²) in [5, 5.41) is 14.3. The van der Waals surface area contributed by atoms with Crippen LogP contribution in [0.2, 0.25) is 0 Å². The van der Waals surface area contributed by atoms with E-state index in [1.807, 2.05) is 0 Å². The Hall–Kier alpha value is -6.19. The normalized spacial score (nSPS) is 14.8. The zero-order valence-electron chi connectivity index (χ0n) is 29.4. The van der Waals surface area contributed by atoms with Gasteiger partial charge in [0.1, 0.15) is 0 Å². The fraction of sp³-hybridized carbons (Fsp3) is 0.0816.